The van der Waals surface area contributed by atoms with Crippen LogP contribution in [0.2, 0.25) is 5.02 Å². The highest BCUT2D eigenvalue weighted by Gasteiger charge is 2.32. The highest BCUT2D eigenvalue weighted by Crippen LogP contribution is 2.33. The summed E-state index contributed by atoms with van der Waals surface area (Å²) in [6.07, 6.45) is 0.818. The van der Waals surface area contributed by atoms with Gasteiger partial charge in [0.15, 0.2) is 0 Å². The molecule has 0 spiro atoms. The Morgan fingerprint density at radius 2 is 1.81 bits per heavy atom. The number of aryl methyl sites for hydroxylation is 1. The number of anilines is 1. The van der Waals surface area contributed by atoms with Crippen molar-refractivity contribution in [2.24, 2.45) is 0 Å². The lowest BCUT2D eigenvalue weighted by atomic mass is 10.1. The molecule has 1 aliphatic heterocycles. The Labute approximate surface area is 189 Å². The van der Waals surface area contributed by atoms with E-state index in [0.717, 1.165) is 23.5 Å². The predicted octanol–water partition coefficient (Wildman–Crippen LogP) is 5.21. The lowest BCUT2D eigenvalue weighted by Gasteiger charge is -2.24. The predicted molar refractivity (Wildman–Crippen MR) is 117 cm³/mol. The number of carbonyl (C=O) groups excluding carboxylic acids is 1. The molecule has 0 radical (unpaired) electrons. The number of hydrogen-bond donors (Lipinski definition) is 0. The number of amides is 1. The standard InChI is InChI=1S/C23H22ClF3N4O/c1-16-5-6-17(13-20(16)29-7-2-3-8-29)22(32)31-10-4-9-30(11-12-31)21-19(24)14-18(15-28-21)23(25,26)27/h2-3,5-8,13-15H,4,9-12H2,1H3. The number of carbonyl (C=O) groups is 1. The zero-order valence-electron chi connectivity index (χ0n) is 17.4. The van der Waals surface area contributed by atoms with Crippen molar-refractivity contribution in [3.63, 3.8) is 0 Å². The first-order valence-electron chi connectivity index (χ1n) is 10.2. The second-order valence-corrected chi connectivity index (χ2v) is 8.16. The first-order valence-corrected chi connectivity index (χ1v) is 10.6. The normalized spacial score (nSPS) is 15.0. The second-order valence-electron chi connectivity index (χ2n) is 7.75. The van der Waals surface area contributed by atoms with Gasteiger partial charge in [-0.3, -0.25) is 4.79 Å². The largest absolute Gasteiger partial charge is 0.417 e. The molecule has 9 heteroatoms. The fraction of sp³-hybridized carbons (Fsp3) is 0.304. The van der Waals surface area contributed by atoms with Crippen LogP contribution < -0.4 is 4.90 Å². The fourth-order valence-corrected chi connectivity index (χ4v) is 4.13. The molecule has 1 aliphatic rings. The Kier molecular flexibility index (Phi) is 6.15. The van der Waals surface area contributed by atoms with Gasteiger partial charge in [-0.2, -0.15) is 13.2 Å². The molecular weight excluding hydrogens is 441 g/mol. The van der Waals surface area contributed by atoms with E-state index in [-0.39, 0.29) is 10.9 Å². The quantitative estimate of drug-likeness (QED) is 0.537. The molecule has 4 rings (SSSR count). The average molecular weight is 463 g/mol. The van der Waals surface area contributed by atoms with Crippen molar-refractivity contribution in [1.29, 1.82) is 0 Å². The van der Waals surface area contributed by atoms with E-state index < -0.39 is 11.7 Å². The van der Waals surface area contributed by atoms with Gasteiger partial charge in [0.2, 0.25) is 0 Å². The number of aromatic nitrogens is 2. The van der Waals surface area contributed by atoms with Crippen LogP contribution in [0.3, 0.4) is 0 Å². The van der Waals surface area contributed by atoms with Crippen LogP contribution in [0.25, 0.3) is 5.69 Å². The molecule has 1 amide bonds. The monoisotopic (exact) mass is 462 g/mol. The molecule has 1 aromatic carbocycles. The van der Waals surface area contributed by atoms with Crippen molar-refractivity contribution in [3.05, 3.63) is 76.7 Å². The number of hydrogen-bond acceptors (Lipinski definition) is 3. The SMILES string of the molecule is Cc1ccc(C(=O)N2CCCN(c3ncc(C(F)(F)F)cc3Cl)CC2)cc1-n1cccc1. The average Bonchev–Trinajstić information content (AvgIpc) is 3.17. The van der Waals surface area contributed by atoms with Crippen molar-refractivity contribution in [3.8, 4) is 5.69 Å². The van der Waals surface area contributed by atoms with Crippen LogP contribution in [0, 0.1) is 6.92 Å². The zero-order valence-corrected chi connectivity index (χ0v) is 18.2. The first-order chi connectivity index (χ1) is 15.2. The molecule has 1 saturated heterocycles. The van der Waals surface area contributed by atoms with Crippen LogP contribution in [-0.2, 0) is 6.18 Å². The summed E-state index contributed by atoms with van der Waals surface area (Å²) < 4.78 is 40.6. The van der Waals surface area contributed by atoms with Crippen molar-refractivity contribution >= 4 is 23.3 Å². The molecule has 168 valence electrons. The summed E-state index contributed by atoms with van der Waals surface area (Å²) in [5.74, 6) is 0.228. The molecule has 0 aliphatic carbocycles. The molecule has 3 heterocycles. The number of alkyl halides is 3. The molecular formula is C23H22ClF3N4O. The Bertz CT molecular complexity index is 1110. The molecule has 2 aromatic heterocycles. The highest BCUT2D eigenvalue weighted by molar-refractivity contribution is 6.33. The second kappa shape index (κ2) is 8.86. The molecule has 0 bridgehead atoms. The summed E-state index contributed by atoms with van der Waals surface area (Å²) in [7, 11) is 0. The number of nitrogens with zero attached hydrogens (tertiary/aromatic N) is 4. The fourth-order valence-electron chi connectivity index (χ4n) is 3.85. The number of rotatable bonds is 3. The highest BCUT2D eigenvalue weighted by atomic mass is 35.5. The van der Waals surface area contributed by atoms with Gasteiger partial charge in [0.05, 0.1) is 10.6 Å². The summed E-state index contributed by atoms with van der Waals surface area (Å²) in [6, 6.07) is 10.4. The van der Waals surface area contributed by atoms with E-state index in [1.54, 1.807) is 4.90 Å². The molecule has 3 aromatic rings. The molecule has 0 N–H and O–H groups in total. The summed E-state index contributed by atoms with van der Waals surface area (Å²) in [6.45, 7) is 3.93. The van der Waals surface area contributed by atoms with Crippen LogP contribution >= 0.6 is 11.6 Å². The Balaban J connectivity index is 1.49. The van der Waals surface area contributed by atoms with Gasteiger partial charge in [-0.1, -0.05) is 17.7 Å². The van der Waals surface area contributed by atoms with Crippen molar-refractivity contribution in [2.75, 3.05) is 31.1 Å². The molecule has 32 heavy (non-hydrogen) atoms. The summed E-state index contributed by atoms with van der Waals surface area (Å²) >= 11 is 6.11. The van der Waals surface area contributed by atoms with E-state index in [1.807, 2.05) is 59.1 Å². The van der Waals surface area contributed by atoms with Crippen LogP contribution in [0.1, 0.15) is 27.9 Å². The van der Waals surface area contributed by atoms with Crippen LogP contribution in [0.4, 0.5) is 19.0 Å². The van der Waals surface area contributed by atoms with Crippen molar-refractivity contribution in [1.82, 2.24) is 14.5 Å². The minimum atomic E-state index is -4.50. The molecule has 5 nitrogen and oxygen atoms in total. The number of halogens is 4. The van der Waals surface area contributed by atoms with Gasteiger partial charge in [-0.25, -0.2) is 4.98 Å². The zero-order chi connectivity index (χ0) is 22.9. The van der Waals surface area contributed by atoms with Crippen LogP contribution in [0.5, 0.6) is 0 Å². The third-order valence-corrected chi connectivity index (χ3v) is 5.85. The van der Waals surface area contributed by atoms with Gasteiger partial charge < -0.3 is 14.4 Å². The summed E-state index contributed by atoms with van der Waals surface area (Å²) in [4.78, 5) is 20.7. The summed E-state index contributed by atoms with van der Waals surface area (Å²) in [5, 5.41) is -0.0468. The van der Waals surface area contributed by atoms with Gasteiger partial charge in [-0.05, 0) is 49.2 Å². The minimum Gasteiger partial charge on any atom is -0.354 e. The maximum atomic E-state index is 13.2. The smallest absolute Gasteiger partial charge is 0.354 e. The lowest BCUT2D eigenvalue weighted by Crippen LogP contribution is -2.35. The van der Waals surface area contributed by atoms with Gasteiger partial charge in [0, 0.05) is 56.0 Å². The maximum absolute atomic E-state index is 13.2. The van der Waals surface area contributed by atoms with Gasteiger partial charge in [0.1, 0.15) is 5.82 Å². The Morgan fingerprint density at radius 3 is 2.50 bits per heavy atom. The third-order valence-electron chi connectivity index (χ3n) is 5.57. The molecule has 0 unspecified atom stereocenters. The van der Waals surface area contributed by atoms with Gasteiger partial charge in [0.25, 0.3) is 5.91 Å². The van der Waals surface area contributed by atoms with E-state index >= 15 is 0 Å². The van der Waals surface area contributed by atoms with Gasteiger partial charge in [-0.15, -0.1) is 0 Å². The topological polar surface area (TPSA) is 41.4 Å². The third kappa shape index (κ3) is 4.60. The molecule has 0 atom stereocenters. The van der Waals surface area contributed by atoms with Crippen LogP contribution in [0.15, 0.2) is 55.0 Å². The molecule has 1 fully saturated rings. The Morgan fingerprint density at radius 1 is 1.06 bits per heavy atom. The lowest BCUT2D eigenvalue weighted by molar-refractivity contribution is -0.137. The van der Waals surface area contributed by atoms with Crippen molar-refractivity contribution in [2.45, 2.75) is 19.5 Å². The van der Waals surface area contributed by atoms with E-state index in [1.165, 1.54) is 0 Å². The maximum Gasteiger partial charge on any atom is 0.417 e. The minimum absolute atomic E-state index is 0.0468. The number of benzene rings is 1. The molecule has 0 saturated carbocycles. The van der Waals surface area contributed by atoms with Crippen LogP contribution in [-0.4, -0.2) is 46.5 Å². The van der Waals surface area contributed by atoms with Gasteiger partial charge >= 0.3 is 6.18 Å². The van der Waals surface area contributed by atoms with E-state index in [4.69, 9.17) is 11.6 Å². The van der Waals surface area contributed by atoms with E-state index in [9.17, 15) is 18.0 Å². The van der Waals surface area contributed by atoms with E-state index in [0.29, 0.717) is 44.0 Å². The summed E-state index contributed by atoms with van der Waals surface area (Å²) in [5.41, 5.74) is 1.72. The van der Waals surface area contributed by atoms with Crippen molar-refractivity contribution < 1.29 is 18.0 Å². The number of pyridine rings is 1. The first kappa shape index (κ1) is 22.2. The Hall–Kier alpha value is -3.00. The van der Waals surface area contributed by atoms with E-state index in [2.05, 4.69) is 4.98 Å².